The van der Waals surface area contributed by atoms with Crippen molar-refractivity contribution in [1.82, 2.24) is 9.88 Å². The Kier molecular flexibility index (Phi) is 5.71. The third kappa shape index (κ3) is 4.22. The number of hydrogen-bond acceptors (Lipinski definition) is 7. The number of para-hydroxylation sites is 1. The number of methoxy groups -OCH3 is 2. The maximum Gasteiger partial charge on any atom is 0.260 e. The lowest BCUT2D eigenvalue weighted by molar-refractivity contribution is -0.133. The van der Waals surface area contributed by atoms with Gasteiger partial charge in [-0.1, -0.05) is 17.4 Å². The lowest BCUT2D eigenvalue weighted by Gasteiger charge is -2.34. The summed E-state index contributed by atoms with van der Waals surface area (Å²) in [5.41, 5.74) is 0.890. The smallest absolute Gasteiger partial charge is 0.260 e. The number of hydrogen-bond donors (Lipinski definition) is 0. The van der Waals surface area contributed by atoms with Crippen molar-refractivity contribution in [2.24, 2.45) is 0 Å². The van der Waals surface area contributed by atoms with Gasteiger partial charge in [-0.25, -0.2) is 4.98 Å². The van der Waals surface area contributed by atoms with Crippen LogP contribution in [0.15, 0.2) is 42.5 Å². The van der Waals surface area contributed by atoms with Crippen molar-refractivity contribution in [3.8, 4) is 17.2 Å². The van der Waals surface area contributed by atoms with Crippen LogP contribution in [0.4, 0.5) is 5.13 Å². The summed E-state index contributed by atoms with van der Waals surface area (Å²) in [5, 5.41) is 0.964. The number of ether oxygens (including phenoxy) is 3. The van der Waals surface area contributed by atoms with Gasteiger partial charge in [-0.2, -0.15) is 0 Å². The molecule has 0 spiro atoms. The Balaban J connectivity index is 1.32. The molecular weight excluding hydrogens is 390 g/mol. The number of piperazine rings is 1. The highest BCUT2D eigenvalue weighted by atomic mass is 32.1. The van der Waals surface area contributed by atoms with E-state index < -0.39 is 0 Å². The first-order chi connectivity index (χ1) is 14.2. The predicted molar refractivity (Wildman–Crippen MR) is 113 cm³/mol. The summed E-state index contributed by atoms with van der Waals surface area (Å²) in [6, 6.07) is 13.2. The minimum atomic E-state index is -0.00793. The molecule has 1 saturated heterocycles. The van der Waals surface area contributed by atoms with Crippen molar-refractivity contribution in [3.05, 3.63) is 42.5 Å². The molecule has 1 amide bonds. The molecule has 0 bridgehead atoms. The third-order valence-electron chi connectivity index (χ3n) is 4.92. The molecule has 2 heterocycles. The molecule has 0 radical (unpaired) electrons. The highest BCUT2D eigenvalue weighted by Gasteiger charge is 2.23. The van der Waals surface area contributed by atoms with E-state index in [9.17, 15) is 4.79 Å². The SMILES string of the molecule is COc1ccc(OCC(=O)N2CCN(c3nc4c(OC)cccc4s3)CC2)cc1. The number of carbonyl (C=O) groups excluding carboxylic acids is 1. The van der Waals surface area contributed by atoms with E-state index in [0.29, 0.717) is 18.8 Å². The van der Waals surface area contributed by atoms with E-state index >= 15 is 0 Å². The van der Waals surface area contributed by atoms with Crippen molar-refractivity contribution in [1.29, 1.82) is 0 Å². The van der Waals surface area contributed by atoms with Gasteiger partial charge in [0.25, 0.3) is 5.91 Å². The van der Waals surface area contributed by atoms with Crippen LogP contribution in [0.25, 0.3) is 10.2 Å². The Hall–Kier alpha value is -3.00. The molecule has 0 unspecified atom stereocenters. The lowest BCUT2D eigenvalue weighted by atomic mass is 10.3. The largest absolute Gasteiger partial charge is 0.497 e. The number of rotatable bonds is 6. The van der Waals surface area contributed by atoms with Gasteiger partial charge < -0.3 is 24.0 Å². The molecule has 29 heavy (non-hydrogen) atoms. The minimum absolute atomic E-state index is 0.00793. The van der Waals surface area contributed by atoms with E-state index in [1.165, 1.54) is 0 Å². The van der Waals surface area contributed by atoms with E-state index in [0.717, 1.165) is 39.9 Å². The van der Waals surface area contributed by atoms with Gasteiger partial charge in [0, 0.05) is 26.2 Å². The molecule has 1 aliphatic heterocycles. The Morgan fingerprint density at radius 3 is 2.41 bits per heavy atom. The number of carbonyl (C=O) groups is 1. The number of amides is 1. The van der Waals surface area contributed by atoms with Gasteiger partial charge in [-0.15, -0.1) is 0 Å². The number of aromatic nitrogens is 1. The predicted octanol–water partition coefficient (Wildman–Crippen LogP) is 3.04. The Morgan fingerprint density at radius 2 is 1.72 bits per heavy atom. The molecule has 1 aromatic heterocycles. The van der Waals surface area contributed by atoms with Crippen LogP contribution in [0.5, 0.6) is 17.2 Å². The summed E-state index contributed by atoms with van der Waals surface area (Å²) in [5.74, 6) is 2.19. The van der Waals surface area contributed by atoms with E-state index in [-0.39, 0.29) is 12.5 Å². The van der Waals surface area contributed by atoms with Gasteiger partial charge in [0.05, 0.1) is 18.9 Å². The van der Waals surface area contributed by atoms with E-state index in [2.05, 4.69) is 11.0 Å². The fraction of sp³-hybridized carbons (Fsp3) is 0.333. The first kappa shape index (κ1) is 19.3. The first-order valence-corrected chi connectivity index (χ1v) is 10.2. The lowest BCUT2D eigenvalue weighted by Crippen LogP contribution is -2.50. The molecule has 0 saturated carbocycles. The van der Waals surface area contributed by atoms with Gasteiger partial charge in [-0.3, -0.25) is 4.79 Å². The quantitative estimate of drug-likeness (QED) is 0.619. The molecule has 0 atom stereocenters. The Morgan fingerprint density at radius 1 is 1.00 bits per heavy atom. The van der Waals surface area contributed by atoms with Gasteiger partial charge in [-0.05, 0) is 36.4 Å². The van der Waals surface area contributed by atoms with Crippen LogP contribution in [0.2, 0.25) is 0 Å². The van der Waals surface area contributed by atoms with Crippen LogP contribution in [0, 0.1) is 0 Å². The monoisotopic (exact) mass is 413 g/mol. The van der Waals surface area contributed by atoms with Crippen molar-refractivity contribution < 1.29 is 19.0 Å². The molecular formula is C21H23N3O4S. The highest BCUT2D eigenvalue weighted by molar-refractivity contribution is 7.22. The van der Waals surface area contributed by atoms with E-state index in [1.54, 1.807) is 37.7 Å². The second-order valence-electron chi connectivity index (χ2n) is 6.64. The van der Waals surface area contributed by atoms with Gasteiger partial charge in [0.15, 0.2) is 11.7 Å². The maximum atomic E-state index is 12.5. The van der Waals surface area contributed by atoms with Crippen LogP contribution >= 0.6 is 11.3 Å². The van der Waals surface area contributed by atoms with Crippen LogP contribution in [-0.4, -0.2) is 62.8 Å². The van der Waals surface area contributed by atoms with E-state index in [1.807, 2.05) is 29.2 Å². The fourth-order valence-corrected chi connectivity index (χ4v) is 4.30. The molecule has 7 nitrogen and oxygen atoms in total. The number of fused-ring (bicyclic) bond motifs is 1. The van der Waals surface area contributed by atoms with Crippen molar-refractivity contribution in [2.45, 2.75) is 0 Å². The zero-order valence-electron chi connectivity index (χ0n) is 16.5. The molecule has 0 N–H and O–H groups in total. The normalized spacial score (nSPS) is 14.1. The Labute approximate surface area is 173 Å². The Bertz CT molecular complexity index is 981. The van der Waals surface area contributed by atoms with Gasteiger partial charge >= 0.3 is 0 Å². The first-order valence-electron chi connectivity index (χ1n) is 9.41. The standard InChI is InChI=1S/C21H23N3O4S/c1-26-15-6-8-16(9-7-15)28-14-19(25)23-10-12-24(13-11-23)21-22-20-17(27-2)4-3-5-18(20)29-21/h3-9H,10-14H2,1-2H3. The average Bonchev–Trinajstić information content (AvgIpc) is 3.22. The van der Waals surface area contributed by atoms with Crippen LogP contribution in [0.3, 0.4) is 0 Å². The molecule has 1 fully saturated rings. The number of nitrogens with zero attached hydrogens (tertiary/aromatic N) is 3. The molecule has 3 aromatic rings. The molecule has 8 heteroatoms. The summed E-state index contributed by atoms with van der Waals surface area (Å²) in [6.07, 6.45) is 0. The summed E-state index contributed by atoms with van der Waals surface area (Å²) >= 11 is 1.65. The van der Waals surface area contributed by atoms with Gasteiger partial charge in [0.1, 0.15) is 22.8 Å². The van der Waals surface area contributed by atoms with E-state index in [4.69, 9.17) is 19.2 Å². The second-order valence-corrected chi connectivity index (χ2v) is 7.64. The fourth-order valence-electron chi connectivity index (χ4n) is 3.27. The molecule has 2 aromatic carbocycles. The van der Waals surface area contributed by atoms with Gasteiger partial charge in [0.2, 0.25) is 0 Å². The highest BCUT2D eigenvalue weighted by Crippen LogP contribution is 2.34. The number of thiazole rings is 1. The molecule has 4 rings (SSSR count). The zero-order chi connectivity index (χ0) is 20.2. The number of anilines is 1. The molecule has 0 aliphatic carbocycles. The minimum Gasteiger partial charge on any atom is -0.497 e. The maximum absolute atomic E-state index is 12.5. The summed E-state index contributed by atoms with van der Waals surface area (Å²) in [6.45, 7) is 2.83. The van der Waals surface area contributed by atoms with Crippen LogP contribution in [-0.2, 0) is 4.79 Å². The van der Waals surface area contributed by atoms with Crippen molar-refractivity contribution in [2.75, 3.05) is 51.9 Å². The number of benzene rings is 2. The zero-order valence-corrected chi connectivity index (χ0v) is 17.3. The topological polar surface area (TPSA) is 64.1 Å². The van der Waals surface area contributed by atoms with Crippen LogP contribution in [0.1, 0.15) is 0 Å². The van der Waals surface area contributed by atoms with Crippen molar-refractivity contribution in [3.63, 3.8) is 0 Å². The van der Waals surface area contributed by atoms with Crippen LogP contribution < -0.4 is 19.1 Å². The van der Waals surface area contributed by atoms with Crippen molar-refractivity contribution >= 4 is 32.6 Å². The summed E-state index contributed by atoms with van der Waals surface area (Å²) in [7, 11) is 3.27. The molecule has 1 aliphatic rings. The summed E-state index contributed by atoms with van der Waals surface area (Å²) in [4.78, 5) is 21.3. The second kappa shape index (κ2) is 8.57. The third-order valence-corrected chi connectivity index (χ3v) is 6.00. The summed E-state index contributed by atoms with van der Waals surface area (Å²) < 4.78 is 17.2. The molecule has 152 valence electrons. The average molecular weight is 413 g/mol.